The maximum absolute atomic E-state index is 11.9. The average Bonchev–Trinajstić information content (AvgIpc) is 2.91. The Morgan fingerprint density at radius 2 is 2.13 bits per heavy atom. The summed E-state index contributed by atoms with van der Waals surface area (Å²) >= 11 is 0. The third kappa shape index (κ3) is 6.88. The van der Waals surface area contributed by atoms with Crippen LogP contribution in [0, 0.1) is 10.1 Å². The van der Waals surface area contributed by atoms with Crippen molar-refractivity contribution < 1.29 is 14.6 Å². The summed E-state index contributed by atoms with van der Waals surface area (Å²) in [5.74, 6) is -1.09. The lowest BCUT2D eigenvalue weighted by Gasteiger charge is -2.16. The fourth-order valence-corrected chi connectivity index (χ4v) is 2.14. The highest BCUT2D eigenvalue weighted by molar-refractivity contribution is 5.83. The molecule has 1 saturated heterocycles. The molecular formula is C11H22N8O4. The van der Waals surface area contributed by atoms with Crippen molar-refractivity contribution in [2.24, 2.45) is 22.2 Å². The van der Waals surface area contributed by atoms with Gasteiger partial charge in [0.2, 0.25) is 11.8 Å². The van der Waals surface area contributed by atoms with Gasteiger partial charge < -0.3 is 27.8 Å². The lowest BCUT2D eigenvalue weighted by atomic mass is 10.1. The molecule has 0 saturated carbocycles. The summed E-state index contributed by atoms with van der Waals surface area (Å²) in [6.07, 6.45) is 1.23. The molecule has 0 radical (unpaired) electrons. The van der Waals surface area contributed by atoms with E-state index in [9.17, 15) is 19.7 Å². The number of carbonyl (C=O) groups excluding carboxylic acids is 2. The molecule has 0 aromatic carbocycles. The molecule has 1 fully saturated rings. The van der Waals surface area contributed by atoms with E-state index in [0.717, 1.165) is 0 Å². The summed E-state index contributed by atoms with van der Waals surface area (Å²) in [5.41, 5.74) is 17.9. The second-order valence-electron chi connectivity index (χ2n) is 5.19. The van der Waals surface area contributed by atoms with E-state index < -0.39 is 23.0 Å². The van der Waals surface area contributed by atoms with E-state index in [2.05, 4.69) is 15.6 Å². The van der Waals surface area contributed by atoms with Crippen LogP contribution in [0.5, 0.6) is 0 Å². The minimum absolute atomic E-state index is 0.191. The number of hydrazine groups is 1. The van der Waals surface area contributed by atoms with Gasteiger partial charge in [0.1, 0.15) is 0 Å². The van der Waals surface area contributed by atoms with Gasteiger partial charge in [0, 0.05) is 19.1 Å². The Bertz CT molecular complexity index is 483. The monoisotopic (exact) mass is 330 g/mol. The number of primary amides is 1. The van der Waals surface area contributed by atoms with Crippen molar-refractivity contribution >= 4 is 17.8 Å². The highest BCUT2D eigenvalue weighted by atomic mass is 16.7. The molecule has 1 rings (SSSR count). The molecule has 0 spiro atoms. The third-order valence-electron chi connectivity index (χ3n) is 3.32. The van der Waals surface area contributed by atoms with Crippen molar-refractivity contribution in [1.29, 1.82) is 0 Å². The first-order valence-corrected chi connectivity index (χ1v) is 7.09. The molecule has 0 unspecified atom stereocenters. The Kier molecular flexibility index (Phi) is 7.15. The number of aliphatic imine (C=N–C) groups is 1. The van der Waals surface area contributed by atoms with Gasteiger partial charge in [-0.1, -0.05) is 5.43 Å². The van der Waals surface area contributed by atoms with Crippen LogP contribution in [0.1, 0.15) is 19.3 Å². The van der Waals surface area contributed by atoms with Crippen molar-refractivity contribution in [3.63, 3.8) is 0 Å². The number of nitrogens with two attached hydrogens (primary N) is 3. The van der Waals surface area contributed by atoms with Crippen LogP contribution in [0.25, 0.3) is 0 Å². The van der Waals surface area contributed by atoms with Crippen LogP contribution in [0.3, 0.4) is 0 Å². The molecule has 2 amide bonds. The molecule has 130 valence electrons. The minimum atomic E-state index is -0.812. The number of nitrogens with one attached hydrogen (secondary N) is 3. The van der Waals surface area contributed by atoms with Crippen molar-refractivity contribution in [3.8, 4) is 0 Å². The van der Waals surface area contributed by atoms with Gasteiger partial charge in [0.15, 0.2) is 5.03 Å². The lowest BCUT2D eigenvalue weighted by Crippen LogP contribution is -2.46. The van der Waals surface area contributed by atoms with Crippen LogP contribution in [0.4, 0.5) is 0 Å². The van der Waals surface area contributed by atoms with Gasteiger partial charge in [-0.05, 0) is 19.3 Å². The Balaban J connectivity index is 2.24. The van der Waals surface area contributed by atoms with Crippen LogP contribution >= 0.6 is 0 Å². The van der Waals surface area contributed by atoms with Crippen molar-refractivity contribution in [2.75, 3.05) is 13.1 Å². The number of rotatable bonds is 8. The van der Waals surface area contributed by atoms with Gasteiger partial charge in [-0.25, -0.2) is 15.1 Å². The van der Waals surface area contributed by atoms with Crippen molar-refractivity contribution in [2.45, 2.75) is 37.4 Å². The zero-order valence-corrected chi connectivity index (χ0v) is 12.5. The summed E-state index contributed by atoms with van der Waals surface area (Å²) in [5, 5.41) is 14.9. The molecule has 0 aromatic heterocycles. The molecular weight excluding hydrogens is 308 g/mol. The normalized spacial score (nSPS) is 22.4. The zero-order valence-electron chi connectivity index (χ0n) is 12.5. The first-order chi connectivity index (χ1) is 10.8. The van der Waals surface area contributed by atoms with E-state index in [1.807, 2.05) is 0 Å². The number of nitrogens with zero attached hydrogens (tertiary/aromatic N) is 2. The van der Waals surface area contributed by atoms with E-state index >= 15 is 0 Å². The standard InChI is InChI=1S/C11H22N8O4/c12-7(2-1-3-15-11(14)18-19(22)23)10(21)17-6-4-8(9(13)20)16-5-6/h6-8,16H,1-5,12H2,(H2,13,20)(H,17,21)(H3,14,15,18)/t6-,7-,8-/m0/s1. The second kappa shape index (κ2) is 8.85. The fraction of sp³-hybridized carbons (Fsp3) is 0.727. The van der Waals surface area contributed by atoms with Crippen molar-refractivity contribution in [1.82, 2.24) is 16.1 Å². The van der Waals surface area contributed by atoms with Crippen LogP contribution < -0.4 is 33.3 Å². The summed E-state index contributed by atoms with van der Waals surface area (Å²) < 4.78 is 0. The highest BCUT2D eigenvalue weighted by Crippen LogP contribution is 2.06. The topological polar surface area (TPSA) is 204 Å². The fourth-order valence-electron chi connectivity index (χ4n) is 2.14. The molecule has 3 atom stereocenters. The van der Waals surface area contributed by atoms with E-state index in [4.69, 9.17) is 17.2 Å². The number of guanidine groups is 1. The Labute approximate surface area is 132 Å². The smallest absolute Gasteiger partial charge is 0.251 e. The molecule has 23 heavy (non-hydrogen) atoms. The molecule has 0 bridgehead atoms. The van der Waals surface area contributed by atoms with Gasteiger partial charge in [0.05, 0.1) is 12.1 Å². The number of nitro groups is 1. The predicted molar refractivity (Wildman–Crippen MR) is 81.4 cm³/mol. The number of carbonyl (C=O) groups is 2. The number of amides is 2. The van der Waals surface area contributed by atoms with E-state index in [-0.39, 0.29) is 24.5 Å². The quantitative estimate of drug-likeness (QED) is 0.0864. The summed E-state index contributed by atoms with van der Waals surface area (Å²) in [6, 6.07) is -1.37. The first-order valence-electron chi connectivity index (χ1n) is 7.09. The second-order valence-corrected chi connectivity index (χ2v) is 5.19. The van der Waals surface area contributed by atoms with E-state index in [0.29, 0.717) is 25.8 Å². The van der Waals surface area contributed by atoms with Gasteiger partial charge in [-0.15, -0.1) is 0 Å². The number of hydrogen-bond acceptors (Lipinski definition) is 7. The first kappa shape index (κ1) is 18.6. The molecule has 0 aliphatic carbocycles. The molecule has 12 nitrogen and oxygen atoms in total. The van der Waals surface area contributed by atoms with E-state index in [1.54, 1.807) is 5.43 Å². The molecule has 1 aliphatic rings. The Morgan fingerprint density at radius 1 is 1.43 bits per heavy atom. The van der Waals surface area contributed by atoms with Gasteiger partial charge in [-0.3, -0.25) is 9.59 Å². The van der Waals surface area contributed by atoms with Gasteiger partial charge in [-0.2, -0.15) is 0 Å². The van der Waals surface area contributed by atoms with Crippen molar-refractivity contribution in [3.05, 3.63) is 10.1 Å². The lowest BCUT2D eigenvalue weighted by molar-refractivity contribution is -0.525. The summed E-state index contributed by atoms with van der Waals surface area (Å²) in [7, 11) is 0. The average molecular weight is 330 g/mol. The third-order valence-corrected chi connectivity index (χ3v) is 3.32. The van der Waals surface area contributed by atoms with Gasteiger partial charge >= 0.3 is 0 Å². The Hall–Kier alpha value is -2.47. The maximum atomic E-state index is 11.9. The zero-order chi connectivity index (χ0) is 17.4. The largest absolute Gasteiger partial charge is 0.368 e. The summed E-state index contributed by atoms with van der Waals surface area (Å²) in [4.78, 5) is 36.7. The minimum Gasteiger partial charge on any atom is -0.368 e. The Morgan fingerprint density at radius 3 is 2.70 bits per heavy atom. The van der Waals surface area contributed by atoms with Gasteiger partial charge in [0.25, 0.3) is 5.96 Å². The SMILES string of the molecule is NC(=O)[C@@H]1C[C@H](NC(=O)[C@@H](N)CCCN=C(N)N[N+](=O)[O-])CN1. The van der Waals surface area contributed by atoms with Crippen LogP contribution in [0.15, 0.2) is 4.99 Å². The van der Waals surface area contributed by atoms with Crippen LogP contribution in [-0.2, 0) is 9.59 Å². The van der Waals surface area contributed by atoms with Crippen LogP contribution in [0.2, 0.25) is 0 Å². The molecule has 9 N–H and O–H groups in total. The summed E-state index contributed by atoms with van der Waals surface area (Å²) in [6.45, 7) is 0.668. The van der Waals surface area contributed by atoms with Crippen LogP contribution in [-0.4, -0.2) is 54.0 Å². The molecule has 1 aliphatic heterocycles. The molecule has 0 aromatic rings. The highest BCUT2D eigenvalue weighted by Gasteiger charge is 2.29. The maximum Gasteiger partial charge on any atom is 0.251 e. The molecule has 12 heteroatoms. The molecule has 1 heterocycles. The van der Waals surface area contributed by atoms with E-state index in [1.165, 1.54) is 0 Å². The number of hydrogen-bond donors (Lipinski definition) is 6. The predicted octanol–water partition coefficient (Wildman–Crippen LogP) is -3.48.